The Kier molecular flexibility index (Phi) is 1.37. The molecular weight excluding hydrogens is 138 g/mol. The molecule has 1 fully saturated rings. The normalized spacial score (nSPS) is 17.2. The van der Waals surface area contributed by atoms with Gasteiger partial charge in [-0.25, -0.2) is 0 Å². The van der Waals surface area contributed by atoms with Crippen molar-refractivity contribution in [2.24, 2.45) is 13.0 Å². The summed E-state index contributed by atoms with van der Waals surface area (Å²) in [5.41, 5.74) is 6.78. The summed E-state index contributed by atoms with van der Waals surface area (Å²) in [5.74, 6) is 1.66. The van der Waals surface area contributed by atoms with Crippen LogP contribution in [-0.4, -0.2) is 9.78 Å². The van der Waals surface area contributed by atoms with E-state index in [-0.39, 0.29) is 0 Å². The average Bonchev–Trinajstić information content (AvgIpc) is 2.65. The Bertz CT molecular complexity index is 241. The van der Waals surface area contributed by atoms with Gasteiger partial charge in [-0.1, -0.05) is 0 Å². The smallest absolute Gasteiger partial charge is 0.121 e. The first-order chi connectivity index (χ1) is 5.25. The van der Waals surface area contributed by atoms with Gasteiger partial charge >= 0.3 is 0 Å². The molecule has 0 spiro atoms. The summed E-state index contributed by atoms with van der Waals surface area (Å²) in [6.07, 6.45) is 3.86. The van der Waals surface area contributed by atoms with E-state index in [9.17, 15) is 0 Å². The van der Waals surface area contributed by atoms with Gasteiger partial charge in [0.15, 0.2) is 0 Å². The summed E-state index contributed by atoms with van der Waals surface area (Å²) in [6, 6.07) is 1.97. The third-order valence-electron chi connectivity index (χ3n) is 2.16. The fourth-order valence-corrected chi connectivity index (χ4v) is 1.26. The average molecular weight is 151 g/mol. The summed E-state index contributed by atoms with van der Waals surface area (Å²) >= 11 is 0. The molecule has 0 bridgehead atoms. The van der Waals surface area contributed by atoms with E-state index in [0.717, 1.165) is 23.9 Å². The number of anilines is 1. The Labute approximate surface area is 66.2 Å². The van der Waals surface area contributed by atoms with E-state index in [0.29, 0.717) is 0 Å². The van der Waals surface area contributed by atoms with Gasteiger partial charge in [0.25, 0.3) is 0 Å². The van der Waals surface area contributed by atoms with Crippen LogP contribution in [0.4, 0.5) is 5.82 Å². The number of aromatic nitrogens is 2. The number of rotatable bonds is 2. The number of hydrogen-bond donors (Lipinski definition) is 1. The zero-order chi connectivity index (χ0) is 7.84. The Morgan fingerprint density at radius 2 is 2.45 bits per heavy atom. The molecule has 1 heterocycles. The van der Waals surface area contributed by atoms with Crippen molar-refractivity contribution < 1.29 is 0 Å². The second-order valence-electron chi connectivity index (χ2n) is 3.33. The molecule has 1 saturated carbocycles. The molecule has 0 aliphatic heterocycles. The minimum Gasteiger partial charge on any atom is -0.384 e. The van der Waals surface area contributed by atoms with Crippen LogP contribution in [-0.2, 0) is 13.5 Å². The lowest BCUT2D eigenvalue weighted by Gasteiger charge is -1.90. The molecule has 2 N–H and O–H groups in total. The van der Waals surface area contributed by atoms with E-state index in [1.807, 2.05) is 13.1 Å². The predicted octanol–water partition coefficient (Wildman–Crippen LogP) is 0.955. The SMILES string of the molecule is Cn1nc(CC2CC2)cc1N. The molecule has 0 unspecified atom stereocenters. The fourth-order valence-electron chi connectivity index (χ4n) is 1.26. The van der Waals surface area contributed by atoms with Gasteiger partial charge in [0.1, 0.15) is 5.82 Å². The molecule has 1 aliphatic rings. The first-order valence-electron chi connectivity index (χ1n) is 4.04. The van der Waals surface area contributed by atoms with E-state index >= 15 is 0 Å². The first kappa shape index (κ1) is 6.70. The van der Waals surface area contributed by atoms with Crippen LogP contribution < -0.4 is 5.73 Å². The summed E-state index contributed by atoms with van der Waals surface area (Å²) in [5, 5.41) is 4.28. The Balaban J connectivity index is 2.11. The van der Waals surface area contributed by atoms with E-state index < -0.39 is 0 Å². The van der Waals surface area contributed by atoms with Crippen molar-refractivity contribution in [1.29, 1.82) is 0 Å². The Hall–Kier alpha value is -0.990. The fraction of sp³-hybridized carbons (Fsp3) is 0.625. The second kappa shape index (κ2) is 2.26. The van der Waals surface area contributed by atoms with Crippen LogP contribution >= 0.6 is 0 Å². The van der Waals surface area contributed by atoms with Gasteiger partial charge < -0.3 is 5.73 Å². The molecule has 11 heavy (non-hydrogen) atoms. The number of hydrogen-bond acceptors (Lipinski definition) is 2. The molecule has 0 radical (unpaired) electrons. The van der Waals surface area contributed by atoms with Gasteiger partial charge in [0.05, 0.1) is 5.69 Å². The summed E-state index contributed by atoms with van der Waals surface area (Å²) in [6.45, 7) is 0. The molecule has 1 aliphatic carbocycles. The van der Waals surface area contributed by atoms with Gasteiger partial charge in [-0.2, -0.15) is 5.10 Å². The van der Waals surface area contributed by atoms with E-state index in [1.54, 1.807) is 4.68 Å². The van der Waals surface area contributed by atoms with Crippen molar-refractivity contribution in [2.75, 3.05) is 5.73 Å². The molecule has 3 heteroatoms. The number of nitrogens with two attached hydrogens (primary N) is 1. The monoisotopic (exact) mass is 151 g/mol. The maximum atomic E-state index is 5.64. The van der Waals surface area contributed by atoms with Gasteiger partial charge in [-0.15, -0.1) is 0 Å². The van der Waals surface area contributed by atoms with Crippen molar-refractivity contribution in [3.05, 3.63) is 11.8 Å². The number of nitrogen functional groups attached to an aromatic ring is 1. The minimum absolute atomic E-state index is 0.764. The molecular formula is C8H13N3. The first-order valence-corrected chi connectivity index (χ1v) is 4.04. The van der Waals surface area contributed by atoms with Crippen LogP contribution in [0.5, 0.6) is 0 Å². The van der Waals surface area contributed by atoms with E-state index in [1.165, 1.54) is 12.8 Å². The molecule has 3 nitrogen and oxygen atoms in total. The molecule has 0 saturated heterocycles. The summed E-state index contributed by atoms with van der Waals surface area (Å²) < 4.78 is 1.73. The highest BCUT2D eigenvalue weighted by Gasteiger charge is 2.22. The quantitative estimate of drug-likeness (QED) is 0.684. The molecule has 1 aromatic rings. The van der Waals surface area contributed by atoms with Gasteiger partial charge in [0, 0.05) is 13.1 Å². The van der Waals surface area contributed by atoms with Crippen LogP contribution in [0.3, 0.4) is 0 Å². The number of nitrogens with zero attached hydrogens (tertiary/aromatic N) is 2. The van der Waals surface area contributed by atoms with E-state index in [2.05, 4.69) is 5.10 Å². The molecule has 0 amide bonds. The zero-order valence-corrected chi connectivity index (χ0v) is 6.75. The minimum atomic E-state index is 0.764. The maximum Gasteiger partial charge on any atom is 0.121 e. The summed E-state index contributed by atoms with van der Waals surface area (Å²) in [7, 11) is 1.88. The highest BCUT2D eigenvalue weighted by atomic mass is 15.3. The second-order valence-corrected chi connectivity index (χ2v) is 3.33. The van der Waals surface area contributed by atoms with Crippen LogP contribution in [0.1, 0.15) is 18.5 Å². The van der Waals surface area contributed by atoms with Crippen LogP contribution in [0.25, 0.3) is 0 Å². The van der Waals surface area contributed by atoms with Crippen molar-refractivity contribution in [2.45, 2.75) is 19.3 Å². The van der Waals surface area contributed by atoms with Gasteiger partial charge in [-0.3, -0.25) is 4.68 Å². The molecule has 0 atom stereocenters. The standard InChI is InChI=1S/C8H13N3/c1-11-8(9)5-7(10-11)4-6-2-3-6/h5-6H,2-4,9H2,1H3. The molecule has 0 aromatic carbocycles. The lowest BCUT2D eigenvalue weighted by Crippen LogP contribution is -1.97. The van der Waals surface area contributed by atoms with Gasteiger partial charge in [0.2, 0.25) is 0 Å². The number of aryl methyl sites for hydroxylation is 1. The largest absolute Gasteiger partial charge is 0.384 e. The van der Waals surface area contributed by atoms with Crippen LogP contribution in [0.15, 0.2) is 6.07 Å². The lowest BCUT2D eigenvalue weighted by molar-refractivity contribution is 0.722. The highest BCUT2D eigenvalue weighted by Crippen LogP contribution is 2.32. The van der Waals surface area contributed by atoms with E-state index in [4.69, 9.17) is 5.73 Å². The van der Waals surface area contributed by atoms with Gasteiger partial charge in [-0.05, 0) is 25.2 Å². The summed E-state index contributed by atoms with van der Waals surface area (Å²) in [4.78, 5) is 0. The molecule has 2 rings (SSSR count). The van der Waals surface area contributed by atoms with Crippen molar-refractivity contribution in [1.82, 2.24) is 9.78 Å². The Morgan fingerprint density at radius 1 is 1.73 bits per heavy atom. The van der Waals surface area contributed by atoms with Crippen molar-refractivity contribution >= 4 is 5.82 Å². The lowest BCUT2D eigenvalue weighted by atomic mass is 10.2. The highest BCUT2D eigenvalue weighted by molar-refractivity contribution is 5.30. The molecule has 60 valence electrons. The Morgan fingerprint density at radius 3 is 2.91 bits per heavy atom. The zero-order valence-electron chi connectivity index (χ0n) is 6.75. The third kappa shape index (κ3) is 1.37. The topological polar surface area (TPSA) is 43.8 Å². The van der Waals surface area contributed by atoms with Crippen molar-refractivity contribution in [3.63, 3.8) is 0 Å². The van der Waals surface area contributed by atoms with Crippen LogP contribution in [0, 0.1) is 5.92 Å². The molecule has 1 aromatic heterocycles. The third-order valence-corrected chi connectivity index (χ3v) is 2.16. The maximum absolute atomic E-state index is 5.64. The van der Waals surface area contributed by atoms with Crippen LogP contribution in [0.2, 0.25) is 0 Å². The van der Waals surface area contributed by atoms with Crippen molar-refractivity contribution in [3.8, 4) is 0 Å². The predicted molar refractivity (Wildman–Crippen MR) is 44.0 cm³/mol.